The summed E-state index contributed by atoms with van der Waals surface area (Å²) >= 11 is 0. The Morgan fingerprint density at radius 3 is 2.89 bits per heavy atom. The summed E-state index contributed by atoms with van der Waals surface area (Å²) in [5.41, 5.74) is 7.97. The summed E-state index contributed by atoms with van der Waals surface area (Å²) in [4.78, 5) is 14.2. The van der Waals surface area contributed by atoms with Crippen molar-refractivity contribution in [3.8, 4) is 0 Å². The molecule has 0 aliphatic carbocycles. The van der Waals surface area contributed by atoms with E-state index in [0.29, 0.717) is 24.3 Å². The lowest BCUT2D eigenvalue weighted by Crippen LogP contribution is -2.31. The molecule has 2 atom stereocenters. The zero-order valence-corrected chi connectivity index (χ0v) is 10.9. The fourth-order valence-corrected chi connectivity index (χ4v) is 2.42. The molecule has 1 aliphatic rings. The van der Waals surface area contributed by atoms with Gasteiger partial charge in [-0.25, -0.2) is 0 Å². The summed E-state index contributed by atoms with van der Waals surface area (Å²) in [6.45, 7) is 4.99. The lowest BCUT2D eigenvalue weighted by atomic mass is 10.0. The van der Waals surface area contributed by atoms with Crippen molar-refractivity contribution in [1.29, 1.82) is 0 Å². The molecule has 0 bridgehead atoms. The van der Waals surface area contributed by atoms with E-state index in [9.17, 15) is 9.90 Å². The molecule has 1 amide bonds. The molecule has 0 aromatic heterocycles. The van der Waals surface area contributed by atoms with Crippen molar-refractivity contribution in [1.82, 2.24) is 4.90 Å². The SMILES string of the molecule is Cc1c(N)cccc1C(=O)N1CCC(C(C)O)C1. The summed E-state index contributed by atoms with van der Waals surface area (Å²) < 4.78 is 0. The molecule has 3 N–H and O–H groups in total. The van der Waals surface area contributed by atoms with Gasteiger partial charge in [0.2, 0.25) is 0 Å². The van der Waals surface area contributed by atoms with Gasteiger partial charge in [0.15, 0.2) is 0 Å². The zero-order valence-electron chi connectivity index (χ0n) is 10.9. The smallest absolute Gasteiger partial charge is 0.254 e. The van der Waals surface area contributed by atoms with Gasteiger partial charge in [-0.3, -0.25) is 4.79 Å². The summed E-state index contributed by atoms with van der Waals surface area (Å²) in [6.07, 6.45) is 0.509. The quantitative estimate of drug-likeness (QED) is 0.778. The molecule has 2 unspecified atom stereocenters. The van der Waals surface area contributed by atoms with Crippen LogP contribution in [0, 0.1) is 12.8 Å². The third-order valence-electron chi connectivity index (χ3n) is 3.80. The minimum absolute atomic E-state index is 0.0166. The molecule has 0 saturated carbocycles. The van der Waals surface area contributed by atoms with E-state index in [1.807, 2.05) is 13.0 Å². The second kappa shape index (κ2) is 4.98. The maximum atomic E-state index is 12.4. The molecule has 1 saturated heterocycles. The van der Waals surface area contributed by atoms with E-state index in [4.69, 9.17) is 5.73 Å². The second-order valence-electron chi connectivity index (χ2n) is 5.06. The number of hydrogen-bond donors (Lipinski definition) is 2. The fraction of sp³-hybridized carbons (Fsp3) is 0.500. The first-order chi connectivity index (χ1) is 8.50. The van der Waals surface area contributed by atoms with Crippen molar-refractivity contribution in [2.75, 3.05) is 18.8 Å². The Hall–Kier alpha value is -1.55. The topological polar surface area (TPSA) is 66.6 Å². The Morgan fingerprint density at radius 1 is 1.56 bits per heavy atom. The average Bonchev–Trinajstić information content (AvgIpc) is 2.81. The van der Waals surface area contributed by atoms with Gasteiger partial charge >= 0.3 is 0 Å². The number of nitrogen functional groups attached to an aromatic ring is 1. The maximum Gasteiger partial charge on any atom is 0.254 e. The van der Waals surface area contributed by atoms with Gasteiger partial charge in [0.05, 0.1) is 6.10 Å². The van der Waals surface area contributed by atoms with Crippen LogP contribution in [0.3, 0.4) is 0 Å². The predicted molar refractivity (Wildman–Crippen MR) is 71.3 cm³/mol. The third-order valence-corrected chi connectivity index (χ3v) is 3.80. The Kier molecular flexibility index (Phi) is 3.57. The van der Waals surface area contributed by atoms with E-state index in [0.717, 1.165) is 12.0 Å². The highest BCUT2D eigenvalue weighted by molar-refractivity contribution is 5.97. The highest BCUT2D eigenvalue weighted by Gasteiger charge is 2.30. The number of likely N-dealkylation sites (tertiary alicyclic amines) is 1. The summed E-state index contributed by atoms with van der Waals surface area (Å²) in [7, 11) is 0. The van der Waals surface area contributed by atoms with Crippen LogP contribution in [-0.2, 0) is 0 Å². The molecule has 1 aromatic rings. The van der Waals surface area contributed by atoms with Crippen molar-refractivity contribution in [2.24, 2.45) is 5.92 Å². The van der Waals surface area contributed by atoms with Crippen LogP contribution >= 0.6 is 0 Å². The van der Waals surface area contributed by atoms with E-state index in [1.54, 1.807) is 24.0 Å². The van der Waals surface area contributed by atoms with Gasteiger partial charge in [0, 0.05) is 30.3 Å². The Labute approximate surface area is 107 Å². The monoisotopic (exact) mass is 248 g/mol. The molecule has 2 rings (SSSR count). The van der Waals surface area contributed by atoms with Crippen LogP contribution in [-0.4, -0.2) is 35.1 Å². The molecule has 4 nitrogen and oxygen atoms in total. The van der Waals surface area contributed by atoms with Crippen LogP contribution in [0.2, 0.25) is 0 Å². The molecule has 1 aromatic carbocycles. The van der Waals surface area contributed by atoms with Crippen LogP contribution in [0.15, 0.2) is 18.2 Å². The van der Waals surface area contributed by atoms with Crippen molar-refractivity contribution in [2.45, 2.75) is 26.4 Å². The molecule has 18 heavy (non-hydrogen) atoms. The van der Waals surface area contributed by atoms with Gasteiger partial charge in [-0.15, -0.1) is 0 Å². The lowest BCUT2D eigenvalue weighted by Gasteiger charge is -2.19. The maximum absolute atomic E-state index is 12.4. The Bertz CT molecular complexity index is 457. The number of carbonyl (C=O) groups is 1. The standard InChI is InChI=1S/C14H20N2O2/c1-9-12(4-3-5-13(9)15)14(18)16-7-6-11(8-16)10(2)17/h3-5,10-11,17H,6-8,15H2,1-2H3. The number of nitrogens with two attached hydrogens (primary N) is 1. The molecule has 0 spiro atoms. The minimum Gasteiger partial charge on any atom is -0.398 e. The Morgan fingerprint density at radius 2 is 2.28 bits per heavy atom. The number of aliphatic hydroxyl groups is 1. The van der Waals surface area contributed by atoms with Crippen LogP contribution in [0.4, 0.5) is 5.69 Å². The first kappa shape index (κ1) is 12.9. The van der Waals surface area contributed by atoms with E-state index in [-0.39, 0.29) is 17.9 Å². The largest absolute Gasteiger partial charge is 0.398 e. The van der Waals surface area contributed by atoms with Crippen LogP contribution in [0.5, 0.6) is 0 Å². The minimum atomic E-state index is -0.357. The highest BCUT2D eigenvalue weighted by Crippen LogP contribution is 2.24. The molecule has 1 heterocycles. The molecule has 1 aliphatic heterocycles. The van der Waals surface area contributed by atoms with Crippen molar-refractivity contribution in [3.05, 3.63) is 29.3 Å². The van der Waals surface area contributed by atoms with Gasteiger partial charge in [-0.2, -0.15) is 0 Å². The molecule has 4 heteroatoms. The fourth-order valence-electron chi connectivity index (χ4n) is 2.42. The van der Waals surface area contributed by atoms with E-state index >= 15 is 0 Å². The average molecular weight is 248 g/mol. The van der Waals surface area contributed by atoms with E-state index < -0.39 is 0 Å². The van der Waals surface area contributed by atoms with Crippen LogP contribution in [0.1, 0.15) is 29.3 Å². The van der Waals surface area contributed by atoms with Gasteiger partial charge in [0.25, 0.3) is 5.91 Å². The summed E-state index contributed by atoms with van der Waals surface area (Å²) in [6, 6.07) is 5.41. The summed E-state index contributed by atoms with van der Waals surface area (Å²) in [5, 5.41) is 9.56. The number of anilines is 1. The third kappa shape index (κ3) is 2.34. The number of benzene rings is 1. The normalized spacial score (nSPS) is 21.1. The van der Waals surface area contributed by atoms with E-state index in [2.05, 4.69) is 0 Å². The number of nitrogens with zero attached hydrogens (tertiary/aromatic N) is 1. The first-order valence-electron chi connectivity index (χ1n) is 6.33. The molecule has 98 valence electrons. The van der Waals surface area contributed by atoms with Crippen LogP contribution < -0.4 is 5.73 Å². The van der Waals surface area contributed by atoms with Gasteiger partial charge in [0.1, 0.15) is 0 Å². The van der Waals surface area contributed by atoms with E-state index in [1.165, 1.54) is 0 Å². The van der Waals surface area contributed by atoms with Gasteiger partial charge < -0.3 is 15.7 Å². The van der Waals surface area contributed by atoms with Gasteiger partial charge in [-0.1, -0.05) is 6.07 Å². The highest BCUT2D eigenvalue weighted by atomic mass is 16.3. The zero-order chi connectivity index (χ0) is 13.3. The lowest BCUT2D eigenvalue weighted by molar-refractivity contribution is 0.0762. The number of rotatable bonds is 2. The predicted octanol–water partition coefficient (Wildman–Crippen LogP) is 1.42. The number of carbonyl (C=O) groups excluding carboxylic acids is 1. The molecular weight excluding hydrogens is 228 g/mol. The van der Waals surface area contributed by atoms with Gasteiger partial charge in [-0.05, 0) is 38.0 Å². The molecular formula is C14H20N2O2. The second-order valence-corrected chi connectivity index (χ2v) is 5.06. The van der Waals surface area contributed by atoms with Crippen molar-refractivity contribution < 1.29 is 9.90 Å². The number of amides is 1. The van der Waals surface area contributed by atoms with Crippen molar-refractivity contribution in [3.63, 3.8) is 0 Å². The van der Waals surface area contributed by atoms with Crippen molar-refractivity contribution >= 4 is 11.6 Å². The molecule has 1 fully saturated rings. The van der Waals surface area contributed by atoms with Crippen LogP contribution in [0.25, 0.3) is 0 Å². The Balaban J connectivity index is 2.16. The number of hydrogen-bond acceptors (Lipinski definition) is 3. The number of aliphatic hydroxyl groups excluding tert-OH is 1. The summed E-state index contributed by atoms with van der Waals surface area (Å²) in [5.74, 6) is 0.207. The molecule has 0 radical (unpaired) electrons. The first-order valence-corrected chi connectivity index (χ1v) is 6.33.